The first-order chi connectivity index (χ1) is 17.1. The van der Waals surface area contributed by atoms with Crippen LogP contribution in [0.25, 0.3) is 0 Å². The summed E-state index contributed by atoms with van der Waals surface area (Å²) in [6.07, 6.45) is 0. The van der Waals surface area contributed by atoms with Gasteiger partial charge in [-0.25, -0.2) is 4.98 Å². The van der Waals surface area contributed by atoms with E-state index in [-0.39, 0.29) is 18.6 Å². The summed E-state index contributed by atoms with van der Waals surface area (Å²) in [4.78, 5) is 37.3. The summed E-state index contributed by atoms with van der Waals surface area (Å²) in [5.74, 6) is 2.03. The van der Waals surface area contributed by atoms with Gasteiger partial charge in [0.15, 0.2) is 11.5 Å². The number of thioether (sulfide) groups is 1. The largest absolute Gasteiger partial charge is 0.454 e. The Labute approximate surface area is 211 Å². The van der Waals surface area contributed by atoms with E-state index in [2.05, 4.69) is 16.0 Å². The maximum Gasteiger partial charge on any atom is 0.273 e. The van der Waals surface area contributed by atoms with E-state index in [0.29, 0.717) is 31.1 Å². The minimum absolute atomic E-state index is 0.0452. The number of fused-ring (bicyclic) bond motifs is 2. The molecule has 0 N–H and O–H groups in total. The highest BCUT2D eigenvalue weighted by atomic mass is 32.2. The smallest absolute Gasteiger partial charge is 0.273 e. The summed E-state index contributed by atoms with van der Waals surface area (Å²) in [5, 5.41) is 2.58. The fourth-order valence-electron chi connectivity index (χ4n) is 4.51. The summed E-state index contributed by atoms with van der Waals surface area (Å²) in [6, 6.07) is 14.0. The number of ether oxygens (including phenoxy) is 2. The van der Waals surface area contributed by atoms with Gasteiger partial charge in [0.25, 0.3) is 5.91 Å². The summed E-state index contributed by atoms with van der Waals surface area (Å²) in [7, 11) is 0. The molecule has 1 aromatic heterocycles. The molecule has 3 aliphatic rings. The van der Waals surface area contributed by atoms with Crippen molar-refractivity contribution < 1.29 is 19.1 Å². The number of hydrogen-bond acceptors (Lipinski definition) is 8. The van der Waals surface area contributed by atoms with Crippen molar-refractivity contribution in [1.82, 2.24) is 14.8 Å². The number of benzene rings is 2. The van der Waals surface area contributed by atoms with Crippen molar-refractivity contribution in [2.75, 3.05) is 43.6 Å². The second-order valence-electron chi connectivity index (χ2n) is 8.62. The number of aromatic nitrogens is 1. The number of anilines is 1. The number of thiazole rings is 1. The summed E-state index contributed by atoms with van der Waals surface area (Å²) < 4.78 is 10.9. The molecule has 6 rings (SSSR count). The standard InChI is InChI=1S/C25H24N4O4S2/c30-24-15-34-22-4-2-1-3-19(22)29(24)13-23-26-18(14-35-23)25(31)28-9-7-27(8-10-28)12-17-5-6-20-21(11-17)33-16-32-20/h1-6,11,14H,7-10,12-13,15-16H2. The van der Waals surface area contributed by atoms with E-state index in [1.807, 2.05) is 46.7 Å². The number of hydrogen-bond donors (Lipinski definition) is 0. The van der Waals surface area contributed by atoms with E-state index < -0.39 is 0 Å². The third-order valence-corrected chi connectivity index (χ3v) is 8.26. The number of amides is 2. The van der Waals surface area contributed by atoms with Crippen LogP contribution in [0.3, 0.4) is 0 Å². The first-order valence-electron chi connectivity index (χ1n) is 11.5. The van der Waals surface area contributed by atoms with Gasteiger partial charge in [0, 0.05) is 43.0 Å². The van der Waals surface area contributed by atoms with Gasteiger partial charge in [-0.05, 0) is 29.8 Å². The lowest BCUT2D eigenvalue weighted by atomic mass is 10.1. The van der Waals surface area contributed by atoms with Crippen LogP contribution in [0.15, 0.2) is 52.7 Å². The average Bonchev–Trinajstić information content (AvgIpc) is 3.55. The molecule has 3 aliphatic heterocycles. The van der Waals surface area contributed by atoms with Crippen molar-refractivity contribution in [2.24, 2.45) is 0 Å². The molecule has 0 spiro atoms. The number of rotatable bonds is 5. The molecule has 4 heterocycles. The molecule has 3 aromatic rings. The van der Waals surface area contributed by atoms with Gasteiger partial charge in [0.2, 0.25) is 12.7 Å². The first-order valence-corrected chi connectivity index (χ1v) is 13.4. The molecule has 0 aliphatic carbocycles. The Kier molecular flexibility index (Phi) is 6.09. The minimum atomic E-state index is -0.0452. The van der Waals surface area contributed by atoms with E-state index in [1.54, 1.807) is 16.7 Å². The Morgan fingerprint density at radius 2 is 1.83 bits per heavy atom. The van der Waals surface area contributed by atoms with Crippen LogP contribution in [0.5, 0.6) is 11.5 Å². The lowest BCUT2D eigenvalue weighted by Gasteiger charge is -2.34. The lowest BCUT2D eigenvalue weighted by molar-refractivity contribution is -0.116. The SMILES string of the molecule is O=C(c1csc(CN2C(=O)CSc3ccccc32)n1)N1CCN(Cc2ccc3c(c2)OCO3)CC1. The monoisotopic (exact) mass is 508 g/mol. The number of nitrogens with zero attached hydrogens (tertiary/aromatic N) is 4. The third-order valence-electron chi connectivity index (χ3n) is 6.38. The van der Waals surface area contributed by atoms with Crippen molar-refractivity contribution in [3.63, 3.8) is 0 Å². The highest BCUT2D eigenvalue weighted by Crippen LogP contribution is 2.36. The van der Waals surface area contributed by atoms with Crippen LogP contribution >= 0.6 is 23.1 Å². The Morgan fingerprint density at radius 3 is 2.71 bits per heavy atom. The zero-order valence-electron chi connectivity index (χ0n) is 19.0. The van der Waals surface area contributed by atoms with Gasteiger partial charge in [0.1, 0.15) is 10.7 Å². The molecule has 180 valence electrons. The van der Waals surface area contributed by atoms with Crippen LogP contribution in [0.2, 0.25) is 0 Å². The molecule has 0 radical (unpaired) electrons. The first kappa shape index (κ1) is 22.4. The van der Waals surface area contributed by atoms with Gasteiger partial charge in [-0.3, -0.25) is 14.5 Å². The predicted octanol–water partition coefficient (Wildman–Crippen LogP) is 3.47. The Hall–Kier alpha value is -3.08. The average molecular weight is 509 g/mol. The minimum Gasteiger partial charge on any atom is -0.454 e. The molecule has 0 atom stereocenters. The normalized spacial score (nSPS) is 17.5. The summed E-state index contributed by atoms with van der Waals surface area (Å²) in [5.41, 5.74) is 2.54. The van der Waals surface area contributed by atoms with Gasteiger partial charge >= 0.3 is 0 Å². The van der Waals surface area contributed by atoms with Gasteiger partial charge in [-0.1, -0.05) is 18.2 Å². The molecular formula is C25H24N4O4S2. The van der Waals surface area contributed by atoms with E-state index in [1.165, 1.54) is 16.9 Å². The molecule has 2 amide bonds. The molecule has 0 unspecified atom stereocenters. The summed E-state index contributed by atoms with van der Waals surface area (Å²) >= 11 is 2.99. The van der Waals surface area contributed by atoms with Gasteiger partial charge < -0.3 is 19.3 Å². The Bertz CT molecular complexity index is 1270. The fourth-order valence-corrected chi connectivity index (χ4v) is 6.20. The molecule has 0 saturated carbocycles. The molecule has 10 heteroatoms. The topological polar surface area (TPSA) is 75.2 Å². The van der Waals surface area contributed by atoms with Crippen LogP contribution in [0.4, 0.5) is 5.69 Å². The maximum absolute atomic E-state index is 13.1. The predicted molar refractivity (Wildman–Crippen MR) is 134 cm³/mol. The zero-order valence-corrected chi connectivity index (χ0v) is 20.6. The molecule has 35 heavy (non-hydrogen) atoms. The molecule has 1 fully saturated rings. The molecule has 1 saturated heterocycles. The summed E-state index contributed by atoms with van der Waals surface area (Å²) in [6.45, 7) is 4.39. The van der Waals surface area contributed by atoms with E-state index in [4.69, 9.17) is 9.47 Å². The molecular weight excluding hydrogens is 484 g/mol. The maximum atomic E-state index is 13.1. The molecule has 8 nitrogen and oxygen atoms in total. The van der Waals surface area contributed by atoms with Crippen LogP contribution in [-0.4, -0.2) is 65.3 Å². The van der Waals surface area contributed by atoms with Crippen molar-refractivity contribution in [3.05, 3.63) is 64.1 Å². The third kappa shape index (κ3) is 4.61. The van der Waals surface area contributed by atoms with E-state index in [9.17, 15) is 9.59 Å². The quantitative estimate of drug-likeness (QED) is 0.522. The van der Waals surface area contributed by atoms with Crippen molar-refractivity contribution in [3.8, 4) is 11.5 Å². The highest BCUT2D eigenvalue weighted by molar-refractivity contribution is 8.00. The lowest BCUT2D eigenvalue weighted by Crippen LogP contribution is -2.48. The van der Waals surface area contributed by atoms with Crippen LogP contribution in [0, 0.1) is 0 Å². The second-order valence-corrected chi connectivity index (χ2v) is 10.6. The fraction of sp³-hybridized carbons (Fsp3) is 0.320. The van der Waals surface area contributed by atoms with E-state index in [0.717, 1.165) is 46.7 Å². The Balaban J connectivity index is 1.06. The van der Waals surface area contributed by atoms with Crippen LogP contribution < -0.4 is 14.4 Å². The van der Waals surface area contributed by atoms with Crippen molar-refractivity contribution >= 4 is 40.6 Å². The van der Waals surface area contributed by atoms with Crippen molar-refractivity contribution in [1.29, 1.82) is 0 Å². The highest BCUT2D eigenvalue weighted by Gasteiger charge is 2.27. The van der Waals surface area contributed by atoms with Gasteiger partial charge in [-0.15, -0.1) is 23.1 Å². The number of carbonyl (C=O) groups excluding carboxylic acids is 2. The van der Waals surface area contributed by atoms with Gasteiger partial charge in [-0.2, -0.15) is 0 Å². The Morgan fingerprint density at radius 1 is 1.00 bits per heavy atom. The van der Waals surface area contributed by atoms with Crippen LogP contribution in [-0.2, 0) is 17.9 Å². The molecule has 0 bridgehead atoms. The van der Waals surface area contributed by atoms with Crippen molar-refractivity contribution in [2.45, 2.75) is 18.0 Å². The number of para-hydroxylation sites is 1. The second kappa shape index (κ2) is 9.52. The van der Waals surface area contributed by atoms with Crippen LogP contribution in [0.1, 0.15) is 21.1 Å². The number of carbonyl (C=O) groups is 2. The zero-order chi connectivity index (χ0) is 23.8. The van der Waals surface area contributed by atoms with Gasteiger partial charge in [0.05, 0.1) is 18.0 Å². The number of piperazine rings is 1. The molecule has 2 aromatic carbocycles. The van der Waals surface area contributed by atoms with E-state index >= 15 is 0 Å².